The normalized spacial score (nSPS) is 23.6. The first-order chi connectivity index (χ1) is 7.84. The Labute approximate surface area is 93.1 Å². The molecular weight excluding hydrogens is 202 g/mol. The zero-order valence-corrected chi connectivity index (χ0v) is 8.89. The minimum absolute atomic E-state index is 0.0492. The van der Waals surface area contributed by atoms with Crippen molar-refractivity contribution in [2.24, 2.45) is 9.98 Å². The van der Waals surface area contributed by atoms with Gasteiger partial charge < -0.3 is 5.32 Å². The van der Waals surface area contributed by atoms with Crippen molar-refractivity contribution < 1.29 is 4.79 Å². The van der Waals surface area contributed by atoms with E-state index in [0.717, 1.165) is 30.1 Å². The van der Waals surface area contributed by atoms with E-state index in [-0.39, 0.29) is 11.8 Å². The highest BCUT2D eigenvalue weighted by atomic mass is 16.1. The van der Waals surface area contributed by atoms with Gasteiger partial charge >= 0.3 is 0 Å². The minimum atomic E-state index is -0.520. The second kappa shape index (κ2) is 3.79. The molecule has 0 radical (unpaired) electrons. The molecule has 4 nitrogen and oxygen atoms in total. The highest BCUT2D eigenvalue weighted by molar-refractivity contribution is 5.89. The van der Waals surface area contributed by atoms with Gasteiger partial charge in [0.15, 0.2) is 5.78 Å². The fraction of sp³-hybridized carbons (Fsp3) is 0.417. The van der Waals surface area contributed by atoms with Crippen LogP contribution in [0.25, 0.3) is 0 Å². The predicted octanol–water partition coefficient (Wildman–Crippen LogP) is -0.413. The molecule has 1 aromatic rings. The van der Waals surface area contributed by atoms with Crippen molar-refractivity contribution in [2.45, 2.75) is 25.0 Å². The summed E-state index contributed by atoms with van der Waals surface area (Å²) in [4.78, 5) is 20.7. The lowest BCUT2D eigenvalue weighted by Gasteiger charge is -2.10. The summed E-state index contributed by atoms with van der Waals surface area (Å²) >= 11 is 0. The van der Waals surface area contributed by atoms with Crippen LogP contribution in [0.15, 0.2) is 34.3 Å². The Hall–Kier alpha value is -1.55. The van der Waals surface area contributed by atoms with Gasteiger partial charge in [0.2, 0.25) is 6.17 Å². The van der Waals surface area contributed by atoms with Gasteiger partial charge in [-0.2, -0.15) is 0 Å². The average molecular weight is 215 g/mol. The molecular formula is C12H13N3O. The molecule has 1 atom stereocenters. The number of hydrogen-bond acceptors (Lipinski definition) is 4. The third-order valence-corrected chi connectivity index (χ3v) is 3.06. The van der Waals surface area contributed by atoms with Gasteiger partial charge in [-0.1, -0.05) is 12.1 Å². The van der Waals surface area contributed by atoms with E-state index in [1.807, 2.05) is 24.3 Å². The molecule has 0 amide bonds. The molecule has 16 heavy (non-hydrogen) atoms. The largest absolute Gasteiger partial charge is 0.307 e. The van der Waals surface area contributed by atoms with E-state index in [9.17, 15) is 4.79 Å². The highest BCUT2D eigenvalue weighted by Gasteiger charge is 2.29. The Balaban J connectivity index is 1.89. The second-order valence-electron chi connectivity index (χ2n) is 4.17. The molecule has 0 spiro atoms. The van der Waals surface area contributed by atoms with E-state index in [1.165, 1.54) is 0 Å². The number of carbonyl (C=O) groups excluding carboxylic acids is 1. The lowest BCUT2D eigenvalue weighted by Crippen LogP contribution is -2.36. The van der Waals surface area contributed by atoms with E-state index in [4.69, 9.17) is 0 Å². The van der Waals surface area contributed by atoms with Crippen LogP contribution in [0, 0.1) is 0 Å². The fourth-order valence-corrected chi connectivity index (χ4v) is 2.21. The number of hydrogen-bond donors (Lipinski definition) is 1. The number of benzene rings is 1. The summed E-state index contributed by atoms with van der Waals surface area (Å²) in [6.45, 7) is 0.927. The third-order valence-electron chi connectivity index (χ3n) is 3.06. The van der Waals surface area contributed by atoms with E-state index in [2.05, 4.69) is 15.3 Å². The lowest BCUT2D eigenvalue weighted by atomic mass is 10.1. The first-order valence-corrected chi connectivity index (χ1v) is 5.62. The van der Waals surface area contributed by atoms with Crippen LogP contribution in [-0.4, -0.2) is 24.5 Å². The number of fused-ring (bicyclic) bond motifs is 1. The number of nitrogens with zero attached hydrogens (tertiary/aromatic N) is 2. The molecule has 2 aliphatic rings. The molecule has 0 unspecified atom stereocenters. The molecule has 2 heterocycles. The van der Waals surface area contributed by atoms with E-state index in [0.29, 0.717) is 0 Å². The Morgan fingerprint density at radius 1 is 1.25 bits per heavy atom. The molecule has 4 heteroatoms. The number of rotatable bonds is 2. The highest BCUT2D eigenvalue weighted by Crippen LogP contribution is 2.10. The first-order valence-electron chi connectivity index (χ1n) is 5.62. The van der Waals surface area contributed by atoms with Crippen LogP contribution in [0.5, 0.6) is 0 Å². The Kier molecular flexibility index (Phi) is 2.29. The molecule has 0 bridgehead atoms. The van der Waals surface area contributed by atoms with Crippen molar-refractivity contribution in [3.05, 3.63) is 35.0 Å². The maximum absolute atomic E-state index is 12.1. The molecule has 1 saturated heterocycles. The van der Waals surface area contributed by atoms with Crippen molar-refractivity contribution in [3.63, 3.8) is 0 Å². The Morgan fingerprint density at radius 3 is 2.50 bits per heavy atom. The van der Waals surface area contributed by atoms with Gasteiger partial charge in [-0.3, -0.25) is 4.79 Å². The monoisotopic (exact) mass is 215 g/mol. The summed E-state index contributed by atoms with van der Waals surface area (Å²) in [5, 5.41) is 4.86. The summed E-state index contributed by atoms with van der Waals surface area (Å²) in [6, 6.07) is 7.58. The van der Waals surface area contributed by atoms with Gasteiger partial charge in [-0.15, -0.1) is 0 Å². The number of ketones is 1. The van der Waals surface area contributed by atoms with Gasteiger partial charge in [0.1, 0.15) is 0 Å². The van der Waals surface area contributed by atoms with Gasteiger partial charge in [0, 0.05) is 0 Å². The van der Waals surface area contributed by atoms with Crippen molar-refractivity contribution in [1.29, 1.82) is 0 Å². The van der Waals surface area contributed by atoms with Crippen LogP contribution < -0.4 is 16.0 Å². The predicted molar refractivity (Wildman–Crippen MR) is 58.6 cm³/mol. The van der Waals surface area contributed by atoms with Crippen LogP contribution >= 0.6 is 0 Å². The lowest BCUT2D eigenvalue weighted by molar-refractivity contribution is -0.121. The Morgan fingerprint density at radius 2 is 1.94 bits per heavy atom. The zero-order chi connectivity index (χ0) is 11.0. The summed E-state index contributed by atoms with van der Waals surface area (Å²) < 4.78 is 0. The van der Waals surface area contributed by atoms with Gasteiger partial charge in [0.25, 0.3) is 0 Å². The minimum Gasteiger partial charge on any atom is -0.307 e. The van der Waals surface area contributed by atoms with Crippen molar-refractivity contribution in [1.82, 2.24) is 5.32 Å². The maximum atomic E-state index is 12.1. The Bertz CT molecular complexity index is 496. The molecule has 82 valence electrons. The van der Waals surface area contributed by atoms with Crippen LogP contribution in [-0.2, 0) is 4.79 Å². The number of Topliss-reactive ketones (excluding diaryl/α,β-unsaturated/α-hetero) is 1. The number of carbonyl (C=O) groups is 1. The number of nitrogens with one attached hydrogen (secondary N) is 1. The van der Waals surface area contributed by atoms with Crippen LogP contribution in [0.2, 0.25) is 0 Å². The third kappa shape index (κ3) is 1.55. The van der Waals surface area contributed by atoms with E-state index < -0.39 is 6.17 Å². The van der Waals surface area contributed by atoms with Gasteiger partial charge in [0.05, 0.1) is 16.8 Å². The quantitative estimate of drug-likeness (QED) is 0.729. The molecule has 0 aromatic heterocycles. The van der Waals surface area contributed by atoms with E-state index >= 15 is 0 Å². The summed E-state index contributed by atoms with van der Waals surface area (Å²) in [6.07, 6.45) is 1.46. The molecule has 1 fully saturated rings. The molecule has 1 aromatic carbocycles. The summed E-state index contributed by atoms with van der Waals surface area (Å²) in [5.41, 5.74) is 0. The zero-order valence-electron chi connectivity index (χ0n) is 8.89. The molecule has 0 aliphatic carbocycles. The van der Waals surface area contributed by atoms with E-state index in [1.54, 1.807) is 0 Å². The SMILES string of the molecule is O=C(C1N=c2ccccc2=N1)[C@@H]1CCCN1. The molecule has 2 aliphatic heterocycles. The molecule has 3 rings (SSSR count). The average Bonchev–Trinajstić information content (AvgIpc) is 2.97. The summed E-state index contributed by atoms with van der Waals surface area (Å²) in [7, 11) is 0. The first kappa shape index (κ1) is 9.66. The fourth-order valence-electron chi connectivity index (χ4n) is 2.21. The van der Waals surface area contributed by atoms with Crippen LogP contribution in [0.1, 0.15) is 12.8 Å². The van der Waals surface area contributed by atoms with Crippen molar-refractivity contribution in [3.8, 4) is 0 Å². The maximum Gasteiger partial charge on any atom is 0.200 e. The van der Waals surface area contributed by atoms with Crippen LogP contribution in [0.4, 0.5) is 0 Å². The smallest absolute Gasteiger partial charge is 0.200 e. The van der Waals surface area contributed by atoms with Crippen LogP contribution in [0.3, 0.4) is 0 Å². The van der Waals surface area contributed by atoms with Crippen molar-refractivity contribution >= 4 is 5.78 Å². The molecule has 1 N–H and O–H groups in total. The summed E-state index contributed by atoms with van der Waals surface area (Å²) in [5.74, 6) is 0.105. The topological polar surface area (TPSA) is 53.8 Å². The number of para-hydroxylation sites is 2. The van der Waals surface area contributed by atoms with Gasteiger partial charge in [-0.25, -0.2) is 9.98 Å². The van der Waals surface area contributed by atoms with Crippen molar-refractivity contribution in [2.75, 3.05) is 6.54 Å². The molecule has 0 saturated carbocycles. The van der Waals surface area contributed by atoms with Gasteiger partial charge in [-0.05, 0) is 31.5 Å². The second-order valence-corrected chi connectivity index (χ2v) is 4.17. The standard InChI is InChI=1S/C12H13N3O/c16-11(10-6-3-7-13-10)12-14-8-4-1-2-5-9(8)15-12/h1-2,4-5,10,12-13H,3,6-7H2/t10-/m0/s1.